The van der Waals surface area contributed by atoms with E-state index in [4.69, 9.17) is 11.6 Å². The molecule has 1 saturated heterocycles. The minimum Gasteiger partial charge on any atom is -0.336 e. The number of carbonyl (C=O) groups is 1. The van der Waals surface area contributed by atoms with E-state index >= 15 is 0 Å². The first-order chi connectivity index (χ1) is 7.99. The van der Waals surface area contributed by atoms with Crippen LogP contribution >= 0.6 is 27.5 Å². The zero-order valence-corrected chi connectivity index (χ0v) is 11.1. The Hall–Kier alpha value is -0.680. The molecule has 0 aromatic heterocycles. The van der Waals surface area contributed by atoms with Gasteiger partial charge in [-0.25, -0.2) is 8.78 Å². The van der Waals surface area contributed by atoms with E-state index in [9.17, 15) is 13.6 Å². The maximum absolute atomic E-state index is 13.4. The van der Waals surface area contributed by atoms with Gasteiger partial charge in [0.1, 0.15) is 12.0 Å². The van der Waals surface area contributed by atoms with Crippen molar-refractivity contribution in [2.75, 3.05) is 13.1 Å². The molecule has 2 rings (SSSR count). The summed E-state index contributed by atoms with van der Waals surface area (Å²) in [6, 6.07) is 2.51. The van der Waals surface area contributed by atoms with Gasteiger partial charge in [0.05, 0.1) is 11.6 Å². The molecule has 1 atom stereocenters. The van der Waals surface area contributed by atoms with Gasteiger partial charge in [-0.2, -0.15) is 0 Å². The van der Waals surface area contributed by atoms with E-state index < -0.39 is 12.0 Å². The lowest BCUT2D eigenvalue weighted by molar-refractivity contribution is 0.0782. The Bertz CT molecular complexity index is 446. The van der Waals surface area contributed by atoms with Crippen LogP contribution in [0.25, 0.3) is 0 Å². The molecule has 0 spiro atoms. The Kier molecular flexibility index (Phi) is 3.68. The molecule has 92 valence electrons. The number of rotatable bonds is 1. The van der Waals surface area contributed by atoms with Crippen molar-refractivity contribution in [2.45, 2.75) is 12.6 Å². The Balaban J connectivity index is 2.25. The molecule has 0 bridgehead atoms. The quantitative estimate of drug-likeness (QED) is 0.725. The van der Waals surface area contributed by atoms with Crippen molar-refractivity contribution in [3.05, 3.63) is 33.0 Å². The summed E-state index contributed by atoms with van der Waals surface area (Å²) >= 11 is 8.70. The van der Waals surface area contributed by atoms with Gasteiger partial charge in [-0.1, -0.05) is 11.6 Å². The Morgan fingerprint density at radius 2 is 2.24 bits per heavy atom. The summed E-state index contributed by atoms with van der Waals surface area (Å²) in [6.45, 7) is 0.433. The second-order valence-electron chi connectivity index (χ2n) is 3.89. The van der Waals surface area contributed by atoms with Crippen molar-refractivity contribution in [3.63, 3.8) is 0 Å². The topological polar surface area (TPSA) is 20.3 Å². The highest BCUT2D eigenvalue weighted by Crippen LogP contribution is 2.28. The van der Waals surface area contributed by atoms with Crippen LogP contribution in [0, 0.1) is 5.82 Å². The zero-order valence-electron chi connectivity index (χ0n) is 8.72. The summed E-state index contributed by atoms with van der Waals surface area (Å²) in [7, 11) is 0. The fourth-order valence-corrected chi connectivity index (χ4v) is 2.31. The van der Waals surface area contributed by atoms with E-state index in [2.05, 4.69) is 15.9 Å². The lowest BCUT2D eigenvalue weighted by atomic mass is 10.2. The lowest BCUT2D eigenvalue weighted by Crippen LogP contribution is -2.29. The van der Waals surface area contributed by atoms with Crippen molar-refractivity contribution in [1.29, 1.82) is 0 Å². The Morgan fingerprint density at radius 1 is 1.53 bits per heavy atom. The number of halogens is 4. The molecule has 1 aliphatic rings. The fourth-order valence-electron chi connectivity index (χ4n) is 1.76. The first-order valence-corrected chi connectivity index (χ1v) is 6.24. The molecule has 1 aromatic rings. The standard InChI is InChI=1S/C11H9BrClF2NO/c12-8-3-6(4-9(15)10(8)13)11(17)16-2-1-7(14)5-16/h3-4,7H,1-2,5H2/t7-/m0/s1. The molecule has 0 saturated carbocycles. The molecule has 0 aliphatic carbocycles. The van der Waals surface area contributed by atoms with Crippen molar-refractivity contribution in [1.82, 2.24) is 4.90 Å². The molecule has 2 nitrogen and oxygen atoms in total. The molecule has 1 aliphatic heterocycles. The van der Waals surface area contributed by atoms with Gasteiger partial charge >= 0.3 is 0 Å². The van der Waals surface area contributed by atoms with E-state index in [-0.39, 0.29) is 23.0 Å². The van der Waals surface area contributed by atoms with Crippen LogP contribution in [0.5, 0.6) is 0 Å². The van der Waals surface area contributed by atoms with Crippen LogP contribution in [0.4, 0.5) is 8.78 Å². The van der Waals surface area contributed by atoms with Crippen LogP contribution in [0.2, 0.25) is 5.02 Å². The van der Waals surface area contributed by atoms with Gasteiger partial charge in [0.15, 0.2) is 0 Å². The largest absolute Gasteiger partial charge is 0.336 e. The number of benzene rings is 1. The molecule has 17 heavy (non-hydrogen) atoms. The number of likely N-dealkylation sites (tertiary alicyclic amines) is 1. The van der Waals surface area contributed by atoms with E-state index in [1.807, 2.05) is 0 Å². The first kappa shape index (κ1) is 12.8. The molecular weight excluding hydrogens is 315 g/mol. The van der Waals surface area contributed by atoms with E-state index in [0.717, 1.165) is 6.07 Å². The predicted octanol–water partition coefficient (Wildman–Crippen LogP) is 3.43. The molecule has 1 amide bonds. The van der Waals surface area contributed by atoms with Gasteiger partial charge in [-0.15, -0.1) is 0 Å². The average molecular weight is 325 g/mol. The SMILES string of the molecule is O=C(c1cc(F)c(Cl)c(Br)c1)N1CC[C@H](F)C1. The van der Waals surface area contributed by atoms with Crippen LogP contribution < -0.4 is 0 Å². The smallest absolute Gasteiger partial charge is 0.254 e. The molecule has 6 heteroatoms. The highest BCUT2D eigenvalue weighted by molar-refractivity contribution is 9.10. The first-order valence-electron chi connectivity index (χ1n) is 5.07. The minimum absolute atomic E-state index is 0.0636. The van der Waals surface area contributed by atoms with Gasteiger partial charge in [-0.05, 0) is 34.5 Å². The summed E-state index contributed by atoms with van der Waals surface area (Å²) in [4.78, 5) is 13.3. The number of carbonyl (C=O) groups excluding carboxylic acids is 1. The third-order valence-corrected chi connectivity index (χ3v) is 3.89. The van der Waals surface area contributed by atoms with Crippen molar-refractivity contribution < 1.29 is 13.6 Å². The number of alkyl halides is 1. The highest BCUT2D eigenvalue weighted by atomic mass is 79.9. The zero-order chi connectivity index (χ0) is 12.6. The van der Waals surface area contributed by atoms with E-state index in [0.29, 0.717) is 17.4 Å². The maximum atomic E-state index is 13.4. The summed E-state index contributed by atoms with van der Waals surface area (Å²) < 4.78 is 26.6. The van der Waals surface area contributed by atoms with Gasteiger partial charge in [-0.3, -0.25) is 4.79 Å². The van der Waals surface area contributed by atoms with Crippen molar-refractivity contribution >= 4 is 33.4 Å². The molecule has 0 radical (unpaired) electrons. The number of hydrogen-bond donors (Lipinski definition) is 0. The third-order valence-electron chi connectivity index (χ3n) is 2.65. The summed E-state index contributed by atoms with van der Waals surface area (Å²) in [5.74, 6) is -1.04. The van der Waals surface area contributed by atoms with E-state index in [1.165, 1.54) is 11.0 Å². The molecule has 1 fully saturated rings. The second kappa shape index (κ2) is 4.90. The van der Waals surface area contributed by atoms with Crippen LogP contribution in [0.15, 0.2) is 16.6 Å². The monoisotopic (exact) mass is 323 g/mol. The minimum atomic E-state index is -0.987. The van der Waals surface area contributed by atoms with Crippen molar-refractivity contribution in [3.8, 4) is 0 Å². The van der Waals surface area contributed by atoms with Gasteiger partial charge in [0.25, 0.3) is 5.91 Å². The number of amides is 1. The molecule has 1 heterocycles. The third kappa shape index (κ3) is 2.60. The second-order valence-corrected chi connectivity index (χ2v) is 5.12. The fraction of sp³-hybridized carbons (Fsp3) is 0.364. The Morgan fingerprint density at radius 3 is 2.76 bits per heavy atom. The number of nitrogens with zero attached hydrogens (tertiary/aromatic N) is 1. The summed E-state index contributed by atoms with van der Waals surface area (Å²) in [6.07, 6.45) is -0.650. The Labute approximate surface area is 111 Å². The van der Waals surface area contributed by atoms with Gasteiger partial charge < -0.3 is 4.90 Å². The van der Waals surface area contributed by atoms with E-state index in [1.54, 1.807) is 0 Å². The molecular formula is C11H9BrClF2NO. The predicted molar refractivity (Wildman–Crippen MR) is 64.5 cm³/mol. The normalized spacial score (nSPS) is 19.8. The number of hydrogen-bond acceptors (Lipinski definition) is 1. The highest BCUT2D eigenvalue weighted by Gasteiger charge is 2.27. The average Bonchev–Trinajstić information content (AvgIpc) is 2.71. The van der Waals surface area contributed by atoms with Crippen LogP contribution in [-0.4, -0.2) is 30.1 Å². The maximum Gasteiger partial charge on any atom is 0.254 e. The summed E-state index contributed by atoms with van der Waals surface area (Å²) in [5, 5.41) is -0.0636. The molecule has 1 aromatic carbocycles. The molecule has 0 unspecified atom stereocenters. The van der Waals surface area contributed by atoms with Gasteiger partial charge in [0, 0.05) is 16.6 Å². The van der Waals surface area contributed by atoms with Crippen LogP contribution in [0.1, 0.15) is 16.8 Å². The van der Waals surface area contributed by atoms with Crippen LogP contribution in [-0.2, 0) is 0 Å². The van der Waals surface area contributed by atoms with Crippen molar-refractivity contribution in [2.24, 2.45) is 0 Å². The van der Waals surface area contributed by atoms with Gasteiger partial charge in [0.2, 0.25) is 0 Å². The molecule has 0 N–H and O–H groups in total. The van der Waals surface area contributed by atoms with Crippen LogP contribution in [0.3, 0.4) is 0 Å². The summed E-state index contributed by atoms with van der Waals surface area (Å²) in [5.41, 5.74) is 0.174. The lowest BCUT2D eigenvalue weighted by Gasteiger charge is -2.15.